The molecule has 2 aromatic rings. The summed E-state index contributed by atoms with van der Waals surface area (Å²) in [5, 5.41) is 2.75. The van der Waals surface area contributed by atoms with E-state index < -0.39 is 16.1 Å². The lowest BCUT2D eigenvalue weighted by molar-refractivity contribution is -0.121. The van der Waals surface area contributed by atoms with Crippen LogP contribution < -0.4 is 14.4 Å². The SMILES string of the molecule is Cc1cccc(N([C@H](C)C(=O)NCCOc2cccc(C)c2C)S(C)(=O)=O)c1. The van der Waals surface area contributed by atoms with Crippen LogP contribution in [0.2, 0.25) is 0 Å². The van der Waals surface area contributed by atoms with Crippen molar-refractivity contribution in [3.63, 3.8) is 0 Å². The zero-order chi connectivity index (χ0) is 20.9. The van der Waals surface area contributed by atoms with Gasteiger partial charge in [-0.1, -0.05) is 24.3 Å². The summed E-state index contributed by atoms with van der Waals surface area (Å²) in [5.41, 5.74) is 3.58. The van der Waals surface area contributed by atoms with Crippen LogP contribution in [0.3, 0.4) is 0 Å². The second-order valence-corrected chi connectivity index (χ2v) is 8.77. The molecule has 0 radical (unpaired) electrons. The van der Waals surface area contributed by atoms with E-state index in [1.807, 2.05) is 45.0 Å². The van der Waals surface area contributed by atoms with Crippen molar-refractivity contribution in [1.82, 2.24) is 5.32 Å². The van der Waals surface area contributed by atoms with E-state index in [1.54, 1.807) is 25.1 Å². The molecular formula is C21H28N2O4S. The van der Waals surface area contributed by atoms with Crippen LogP contribution in [0.15, 0.2) is 42.5 Å². The summed E-state index contributed by atoms with van der Waals surface area (Å²) in [4.78, 5) is 12.5. The van der Waals surface area contributed by atoms with Gasteiger partial charge in [-0.2, -0.15) is 0 Å². The Labute approximate surface area is 167 Å². The van der Waals surface area contributed by atoms with E-state index in [-0.39, 0.29) is 12.5 Å². The second kappa shape index (κ2) is 9.10. The van der Waals surface area contributed by atoms with Crippen LogP contribution in [-0.2, 0) is 14.8 Å². The molecule has 0 aliphatic carbocycles. The van der Waals surface area contributed by atoms with Gasteiger partial charge in [0.15, 0.2) is 0 Å². The Bertz CT molecular complexity index is 941. The lowest BCUT2D eigenvalue weighted by atomic mass is 10.1. The molecule has 0 aromatic heterocycles. The maximum Gasteiger partial charge on any atom is 0.243 e. The van der Waals surface area contributed by atoms with Crippen LogP contribution in [-0.4, -0.2) is 39.8 Å². The third-order valence-corrected chi connectivity index (χ3v) is 5.80. The lowest BCUT2D eigenvalue weighted by Crippen LogP contribution is -2.48. The van der Waals surface area contributed by atoms with Crippen molar-refractivity contribution in [2.75, 3.05) is 23.7 Å². The normalized spacial score (nSPS) is 12.3. The third kappa shape index (κ3) is 5.48. The summed E-state index contributed by atoms with van der Waals surface area (Å²) < 4.78 is 31.5. The first kappa shape index (κ1) is 21.8. The van der Waals surface area contributed by atoms with Crippen molar-refractivity contribution in [1.29, 1.82) is 0 Å². The van der Waals surface area contributed by atoms with Gasteiger partial charge in [0.05, 0.1) is 18.5 Å². The Morgan fingerprint density at radius 3 is 2.46 bits per heavy atom. The van der Waals surface area contributed by atoms with E-state index >= 15 is 0 Å². The number of sulfonamides is 1. The fourth-order valence-electron chi connectivity index (χ4n) is 2.94. The molecule has 6 nitrogen and oxygen atoms in total. The number of amides is 1. The Morgan fingerprint density at radius 2 is 1.82 bits per heavy atom. The Morgan fingerprint density at radius 1 is 1.14 bits per heavy atom. The summed E-state index contributed by atoms with van der Waals surface area (Å²) >= 11 is 0. The summed E-state index contributed by atoms with van der Waals surface area (Å²) in [6.45, 7) is 8.02. The number of hydrogen-bond acceptors (Lipinski definition) is 4. The number of anilines is 1. The largest absolute Gasteiger partial charge is 0.491 e. The number of ether oxygens (including phenoxy) is 1. The maximum absolute atomic E-state index is 12.5. The van der Waals surface area contributed by atoms with Gasteiger partial charge in [-0.05, 0) is 62.6 Å². The number of carbonyl (C=O) groups is 1. The van der Waals surface area contributed by atoms with E-state index in [2.05, 4.69) is 5.32 Å². The second-order valence-electron chi connectivity index (χ2n) is 6.91. The number of rotatable bonds is 8. The quantitative estimate of drug-likeness (QED) is 0.687. The average Bonchev–Trinajstić information content (AvgIpc) is 2.60. The van der Waals surface area contributed by atoms with Crippen molar-refractivity contribution in [2.45, 2.75) is 33.7 Å². The maximum atomic E-state index is 12.5. The van der Waals surface area contributed by atoms with Gasteiger partial charge in [0.1, 0.15) is 18.4 Å². The first-order valence-corrected chi connectivity index (χ1v) is 11.0. The van der Waals surface area contributed by atoms with Crippen molar-refractivity contribution in [3.05, 3.63) is 59.2 Å². The van der Waals surface area contributed by atoms with Crippen LogP contribution in [0.5, 0.6) is 5.75 Å². The topological polar surface area (TPSA) is 75.7 Å². The van der Waals surface area contributed by atoms with E-state index in [0.29, 0.717) is 12.3 Å². The monoisotopic (exact) mass is 404 g/mol. The Kier molecular flexibility index (Phi) is 7.07. The van der Waals surface area contributed by atoms with Gasteiger partial charge in [-0.15, -0.1) is 0 Å². The minimum atomic E-state index is -3.62. The predicted octanol–water partition coefficient (Wildman–Crippen LogP) is 2.96. The highest BCUT2D eigenvalue weighted by molar-refractivity contribution is 7.92. The zero-order valence-corrected chi connectivity index (χ0v) is 17.8. The Balaban J connectivity index is 2.00. The first-order chi connectivity index (χ1) is 13.1. The number of hydrogen-bond donors (Lipinski definition) is 1. The van der Waals surface area contributed by atoms with E-state index in [1.165, 1.54) is 0 Å². The smallest absolute Gasteiger partial charge is 0.243 e. The van der Waals surface area contributed by atoms with Crippen molar-refractivity contribution in [2.24, 2.45) is 0 Å². The van der Waals surface area contributed by atoms with Gasteiger partial charge in [0.25, 0.3) is 0 Å². The van der Waals surface area contributed by atoms with Crippen LogP contribution in [0.4, 0.5) is 5.69 Å². The minimum Gasteiger partial charge on any atom is -0.491 e. The highest BCUT2D eigenvalue weighted by Crippen LogP contribution is 2.22. The summed E-state index contributed by atoms with van der Waals surface area (Å²) in [6.07, 6.45) is 1.10. The molecule has 0 aliphatic heterocycles. The van der Waals surface area contributed by atoms with Crippen LogP contribution in [0.25, 0.3) is 0 Å². The third-order valence-electron chi connectivity index (χ3n) is 4.56. The molecule has 0 heterocycles. The highest BCUT2D eigenvalue weighted by atomic mass is 32.2. The van der Waals surface area contributed by atoms with Gasteiger partial charge in [-0.25, -0.2) is 8.42 Å². The molecule has 2 aromatic carbocycles. The molecule has 28 heavy (non-hydrogen) atoms. The summed E-state index contributed by atoms with van der Waals surface area (Å²) in [5.74, 6) is 0.399. The minimum absolute atomic E-state index is 0.280. The van der Waals surface area contributed by atoms with Crippen LogP contribution in [0.1, 0.15) is 23.6 Å². The van der Waals surface area contributed by atoms with Gasteiger partial charge in [0.2, 0.25) is 15.9 Å². The molecule has 0 saturated carbocycles. The molecule has 1 amide bonds. The standard InChI is InChI=1S/C21H28N2O4S/c1-15-8-6-10-19(14-15)23(28(5,25)26)18(4)21(24)22-12-13-27-20-11-7-9-16(2)17(20)3/h6-11,14,18H,12-13H2,1-5H3,(H,22,24)/t18-/m1/s1. The van der Waals surface area contributed by atoms with Crippen molar-refractivity contribution < 1.29 is 17.9 Å². The van der Waals surface area contributed by atoms with E-state index in [9.17, 15) is 13.2 Å². The molecule has 0 bridgehead atoms. The fraction of sp³-hybridized carbons (Fsp3) is 0.381. The molecule has 1 N–H and O–H groups in total. The molecule has 7 heteroatoms. The fourth-order valence-corrected chi connectivity index (χ4v) is 4.10. The van der Waals surface area contributed by atoms with E-state index in [4.69, 9.17) is 4.74 Å². The lowest BCUT2D eigenvalue weighted by Gasteiger charge is -2.28. The molecular weight excluding hydrogens is 376 g/mol. The molecule has 0 unspecified atom stereocenters. The van der Waals surface area contributed by atoms with Crippen LogP contribution in [0, 0.1) is 20.8 Å². The van der Waals surface area contributed by atoms with Crippen molar-refractivity contribution >= 4 is 21.6 Å². The first-order valence-electron chi connectivity index (χ1n) is 9.14. The molecule has 0 saturated heterocycles. The van der Waals surface area contributed by atoms with Crippen molar-refractivity contribution in [3.8, 4) is 5.75 Å². The zero-order valence-electron chi connectivity index (χ0n) is 17.0. The number of nitrogens with one attached hydrogen (secondary N) is 1. The number of benzene rings is 2. The van der Waals surface area contributed by atoms with Crippen LogP contribution >= 0.6 is 0 Å². The molecule has 152 valence electrons. The molecule has 0 aliphatic rings. The molecule has 2 rings (SSSR count). The Hall–Kier alpha value is -2.54. The summed E-state index contributed by atoms with van der Waals surface area (Å²) in [6, 6.07) is 12.0. The van der Waals surface area contributed by atoms with Gasteiger partial charge < -0.3 is 10.1 Å². The highest BCUT2D eigenvalue weighted by Gasteiger charge is 2.28. The summed E-state index contributed by atoms with van der Waals surface area (Å²) in [7, 11) is -3.62. The van der Waals surface area contributed by atoms with Gasteiger partial charge >= 0.3 is 0 Å². The molecule has 1 atom stereocenters. The van der Waals surface area contributed by atoms with Gasteiger partial charge in [-0.3, -0.25) is 9.10 Å². The average molecular weight is 405 g/mol. The van der Waals surface area contributed by atoms with Gasteiger partial charge in [0, 0.05) is 0 Å². The molecule has 0 spiro atoms. The number of nitrogens with zero attached hydrogens (tertiary/aromatic N) is 1. The number of aryl methyl sites for hydroxylation is 2. The number of carbonyl (C=O) groups excluding carboxylic acids is 1. The predicted molar refractivity (Wildman–Crippen MR) is 112 cm³/mol. The van der Waals surface area contributed by atoms with E-state index in [0.717, 1.165) is 33.0 Å². The molecule has 0 fully saturated rings.